The van der Waals surface area contributed by atoms with Crippen LogP contribution in [-0.4, -0.2) is 48.0 Å². The molecule has 0 unspecified atom stereocenters. The molecule has 0 radical (unpaired) electrons. The van der Waals surface area contributed by atoms with Crippen LogP contribution in [0.15, 0.2) is 29.4 Å². The molecule has 0 aliphatic carbocycles. The van der Waals surface area contributed by atoms with E-state index in [0.29, 0.717) is 45.1 Å². The van der Waals surface area contributed by atoms with Crippen LogP contribution in [0.5, 0.6) is 0 Å². The summed E-state index contributed by atoms with van der Waals surface area (Å²) in [6, 6.07) is 5.78. The van der Waals surface area contributed by atoms with Gasteiger partial charge in [0.1, 0.15) is 0 Å². The number of aliphatic hydroxyl groups is 1. The highest BCUT2D eigenvalue weighted by Gasteiger charge is 2.29. The van der Waals surface area contributed by atoms with Crippen LogP contribution in [0.3, 0.4) is 0 Å². The Morgan fingerprint density at radius 2 is 2.14 bits per heavy atom. The van der Waals surface area contributed by atoms with E-state index in [2.05, 4.69) is 20.6 Å². The molecule has 1 aliphatic rings. The first-order chi connectivity index (χ1) is 10.2. The Morgan fingerprint density at radius 3 is 2.77 bits per heavy atom. The van der Waals surface area contributed by atoms with E-state index < -0.39 is 5.60 Å². The smallest absolute Gasteiger partial charge is 0.191 e. The molecule has 0 saturated carbocycles. The monoisotopic (exact) mass is 420 g/mol. The maximum Gasteiger partial charge on any atom is 0.191 e. The van der Waals surface area contributed by atoms with Crippen LogP contribution in [-0.2, 0) is 11.3 Å². The SMILES string of the molecule is CCNC(=NCc1ccccn1)NCC1(O)CCOCC1.I. The van der Waals surface area contributed by atoms with E-state index in [-0.39, 0.29) is 24.0 Å². The molecule has 1 aliphatic heterocycles. The molecule has 22 heavy (non-hydrogen) atoms. The Balaban J connectivity index is 0.00000242. The molecule has 0 atom stereocenters. The average Bonchev–Trinajstić information content (AvgIpc) is 2.52. The van der Waals surface area contributed by atoms with E-state index in [0.717, 1.165) is 12.2 Å². The minimum absolute atomic E-state index is 0. The number of hydrogen-bond donors (Lipinski definition) is 3. The third-order valence-corrected chi connectivity index (χ3v) is 3.48. The Morgan fingerprint density at radius 1 is 1.36 bits per heavy atom. The van der Waals surface area contributed by atoms with Gasteiger partial charge < -0.3 is 20.5 Å². The molecular formula is C15H25IN4O2. The van der Waals surface area contributed by atoms with Gasteiger partial charge in [-0.2, -0.15) is 0 Å². The zero-order valence-electron chi connectivity index (χ0n) is 12.9. The van der Waals surface area contributed by atoms with Gasteiger partial charge in [0.2, 0.25) is 0 Å². The molecule has 3 N–H and O–H groups in total. The number of nitrogens with one attached hydrogen (secondary N) is 2. The Labute approximate surface area is 148 Å². The molecule has 1 fully saturated rings. The normalized spacial score (nSPS) is 17.5. The van der Waals surface area contributed by atoms with Crippen LogP contribution in [0.2, 0.25) is 0 Å². The number of guanidine groups is 1. The number of hydrogen-bond acceptors (Lipinski definition) is 4. The predicted molar refractivity (Wildman–Crippen MR) is 97.5 cm³/mol. The molecule has 7 heteroatoms. The molecule has 1 saturated heterocycles. The second kappa shape index (κ2) is 9.96. The van der Waals surface area contributed by atoms with Gasteiger partial charge in [-0.1, -0.05) is 6.07 Å². The largest absolute Gasteiger partial charge is 0.388 e. The second-order valence-corrected chi connectivity index (χ2v) is 5.21. The number of pyridine rings is 1. The molecule has 0 bridgehead atoms. The van der Waals surface area contributed by atoms with Crippen LogP contribution in [0.25, 0.3) is 0 Å². The molecule has 0 aromatic carbocycles. The maximum atomic E-state index is 10.4. The maximum absolute atomic E-state index is 10.4. The summed E-state index contributed by atoms with van der Waals surface area (Å²) in [4.78, 5) is 8.73. The number of rotatable bonds is 5. The summed E-state index contributed by atoms with van der Waals surface area (Å²) in [5.41, 5.74) is 0.207. The zero-order valence-corrected chi connectivity index (χ0v) is 15.2. The highest BCUT2D eigenvalue weighted by atomic mass is 127. The van der Waals surface area contributed by atoms with Crippen LogP contribution in [0.4, 0.5) is 0 Å². The average molecular weight is 420 g/mol. The van der Waals surface area contributed by atoms with Gasteiger partial charge >= 0.3 is 0 Å². The summed E-state index contributed by atoms with van der Waals surface area (Å²) in [6.07, 6.45) is 3.06. The Bertz CT molecular complexity index is 450. The van der Waals surface area contributed by atoms with Crippen LogP contribution < -0.4 is 10.6 Å². The minimum atomic E-state index is -0.709. The van der Waals surface area contributed by atoms with Crippen molar-refractivity contribution in [3.05, 3.63) is 30.1 Å². The summed E-state index contributed by atoms with van der Waals surface area (Å²) in [5, 5.41) is 16.8. The van der Waals surface area contributed by atoms with E-state index in [1.165, 1.54) is 0 Å². The van der Waals surface area contributed by atoms with Crippen molar-refractivity contribution in [2.45, 2.75) is 31.9 Å². The zero-order chi connectivity index (χ0) is 15.0. The van der Waals surface area contributed by atoms with Gasteiger partial charge in [0.25, 0.3) is 0 Å². The summed E-state index contributed by atoms with van der Waals surface area (Å²) in [5.74, 6) is 0.697. The Hall–Kier alpha value is -0.930. The first-order valence-corrected chi connectivity index (χ1v) is 7.44. The fourth-order valence-electron chi connectivity index (χ4n) is 2.17. The highest BCUT2D eigenvalue weighted by Crippen LogP contribution is 2.19. The molecular weight excluding hydrogens is 395 g/mol. The lowest BCUT2D eigenvalue weighted by Crippen LogP contribution is -2.49. The number of aromatic nitrogens is 1. The molecule has 1 aromatic heterocycles. The van der Waals surface area contributed by atoms with Crippen molar-refractivity contribution in [1.82, 2.24) is 15.6 Å². The lowest BCUT2D eigenvalue weighted by Gasteiger charge is -2.32. The van der Waals surface area contributed by atoms with E-state index in [9.17, 15) is 5.11 Å². The van der Waals surface area contributed by atoms with Crippen molar-refractivity contribution >= 4 is 29.9 Å². The standard InChI is InChI=1S/C15H24N4O2.HI/c1-2-16-14(18-11-13-5-3-4-8-17-13)19-12-15(20)6-9-21-10-7-15;/h3-5,8,20H,2,6-7,9-12H2,1H3,(H2,16,18,19);1H. The first kappa shape index (κ1) is 19.1. The lowest BCUT2D eigenvalue weighted by atomic mass is 9.94. The highest BCUT2D eigenvalue weighted by molar-refractivity contribution is 14.0. The quantitative estimate of drug-likeness (QED) is 0.380. The number of ether oxygens (including phenoxy) is 1. The molecule has 2 rings (SSSR count). The molecule has 6 nitrogen and oxygen atoms in total. The number of aliphatic imine (C=N–C) groups is 1. The molecule has 0 amide bonds. The molecule has 0 spiro atoms. The second-order valence-electron chi connectivity index (χ2n) is 5.21. The fourth-order valence-corrected chi connectivity index (χ4v) is 2.17. The molecule has 124 valence electrons. The summed E-state index contributed by atoms with van der Waals surface area (Å²) >= 11 is 0. The van der Waals surface area contributed by atoms with Crippen molar-refractivity contribution in [2.24, 2.45) is 4.99 Å². The van der Waals surface area contributed by atoms with Gasteiger partial charge in [-0.3, -0.25) is 4.98 Å². The van der Waals surface area contributed by atoms with Gasteiger partial charge in [0.15, 0.2) is 5.96 Å². The van der Waals surface area contributed by atoms with Gasteiger partial charge in [0, 0.05) is 45.3 Å². The van der Waals surface area contributed by atoms with Gasteiger partial charge in [-0.05, 0) is 19.1 Å². The van der Waals surface area contributed by atoms with Crippen LogP contribution in [0, 0.1) is 0 Å². The van der Waals surface area contributed by atoms with E-state index in [4.69, 9.17) is 4.74 Å². The van der Waals surface area contributed by atoms with E-state index in [1.807, 2.05) is 25.1 Å². The van der Waals surface area contributed by atoms with Crippen LogP contribution >= 0.6 is 24.0 Å². The van der Waals surface area contributed by atoms with E-state index >= 15 is 0 Å². The predicted octanol–water partition coefficient (Wildman–Crippen LogP) is 1.30. The fraction of sp³-hybridized carbons (Fsp3) is 0.600. The summed E-state index contributed by atoms with van der Waals surface area (Å²) < 4.78 is 5.28. The number of halogens is 1. The van der Waals surface area contributed by atoms with Crippen molar-refractivity contribution < 1.29 is 9.84 Å². The van der Waals surface area contributed by atoms with Crippen molar-refractivity contribution in [3.63, 3.8) is 0 Å². The summed E-state index contributed by atoms with van der Waals surface area (Å²) in [7, 11) is 0. The van der Waals surface area contributed by atoms with Crippen molar-refractivity contribution in [2.75, 3.05) is 26.3 Å². The summed E-state index contributed by atoms with van der Waals surface area (Å²) in [6.45, 7) is 5.00. The number of nitrogens with zero attached hydrogens (tertiary/aromatic N) is 2. The minimum Gasteiger partial charge on any atom is -0.388 e. The Kier molecular flexibility index (Phi) is 8.66. The molecule has 2 heterocycles. The van der Waals surface area contributed by atoms with Crippen LogP contribution in [0.1, 0.15) is 25.5 Å². The topological polar surface area (TPSA) is 78.8 Å². The molecule has 1 aromatic rings. The van der Waals surface area contributed by atoms with Gasteiger partial charge in [-0.15, -0.1) is 24.0 Å². The van der Waals surface area contributed by atoms with Crippen molar-refractivity contribution in [3.8, 4) is 0 Å². The van der Waals surface area contributed by atoms with Gasteiger partial charge in [-0.25, -0.2) is 4.99 Å². The van der Waals surface area contributed by atoms with Gasteiger partial charge in [0.05, 0.1) is 17.8 Å². The van der Waals surface area contributed by atoms with Crippen molar-refractivity contribution in [1.29, 1.82) is 0 Å². The lowest BCUT2D eigenvalue weighted by molar-refractivity contribution is -0.0594. The third-order valence-electron chi connectivity index (χ3n) is 3.48. The third kappa shape index (κ3) is 6.45. The van der Waals surface area contributed by atoms with E-state index in [1.54, 1.807) is 6.20 Å². The first-order valence-electron chi connectivity index (χ1n) is 7.44.